The molecule has 0 aliphatic heterocycles. The minimum Gasteiger partial charge on any atom is -0.393 e. The third kappa shape index (κ3) is 3.48. The zero-order valence-corrected chi connectivity index (χ0v) is 22.3. The van der Waals surface area contributed by atoms with Crippen LogP contribution in [0.25, 0.3) is 0 Å². The molecule has 2 nitrogen and oxygen atoms in total. The molecule has 4 fully saturated rings. The van der Waals surface area contributed by atoms with Crippen LogP contribution in [-0.4, -0.2) is 22.4 Å². The van der Waals surface area contributed by atoms with E-state index < -0.39 is 0 Å². The predicted molar refractivity (Wildman–Crippen MR) is 134 cm³/mol. The SMILES string of the molecule is C=C(C)[C@H](O)CC[C@]1(C)CC[C@]2(C)[C@H]3CC[C@@]4(C)[C@@H](CC[C@H](O)[C@@H]4C)[C@]3(C)CC[C@@]2(C)C1. The van der Waals surface area contributed by atoms with Crippen molar-refractivity contribution in [3.63, 3.8) is 0 Å². The molecule has 4 rings (SSSR count). The summed E-state index contributed by atoms with van der Waals surface area (Å²) < 4.78 is 0. The van der Waals surface area contributed by atoms with Gasteiger partial charge in [0.1, 0.15) is 0 Å². The van der Waals surface area contributed by atoms with Crippen molar-refractivity contribution in [3.05, 3.63) is 12.2 Å². The molecule has 0 heterocycles. The smallest absolute Gasteiger partial charge is 0.0745 e. The second-order valence-corrected chi connectivity index (χ2v) is 14.5. The van der Waals surface area contributed by atoms with Crippen molar-refractivity contribution in [2.45, 2.75) is 131 Å². The van der Waals surface area contributed by atoms with Crippen LogP contribution in [0.3, 0.4) is 0 Å². The van der Waals surface area contributed by atoms with E-state index in [4.69, 9.17) is 0 Å². The highest BCUT2D eigenvalue weighted by atomic mass is 16.3. The third-order valence-corrected chi connectivity index (χ3v) is 12.7. The van der Waals surface area contributed by atoms with Crippen molar-refractivity contribution in [2.75, 3.05) is 0 Å². The maximum Gasteiger partial charge on any atom is 0.0745 e. The summed E-state index contributed by atoms with van der Waals surface area (Å²) in [5.74, 6) is 1.99. The third-order valence-electron chi connectivity index (χ3n) is 12.7. The molecular formula is C30H52O2. The van der Waals surface area contributed by atoms with Crippen molar-refractivity contribution >= 4 is 0 Å². The molecule has 0 aromatic heterocycles. The van der Waals surface area contributed by atoms with Crippen LogP contribution < -0.4 is 0 Å². The summed E-state index contributed by atoms with van der Waals surface area (Å²) in [5.41, 5.74) is 2.77. The lowest BCUT2D eigenvalue weighted by atomic mass is 9.33. The zero-order valence-electron chi connectivity index (χ0n) is 22.3. The molecule has 4 aliphatic carbocycles. The van der Waals surface area contributed by atoms with Crippen molar-refractivity contribution in [1.29, 1.82) is 0 Å². The van der Waals surface area contributed by atoms with Gasteiger partial charge in [-0.05, 0) is 122 Å². The summed E-state index contributed by atoms with van der Waals surface area (Å²) in [7, 11) is 0. The normalized spacial score (nSPS) is 54.2. The Hall–Kier alpha value is -0.340. The lowest BCUT2D eigenvalue weighted by molar-refractivity contribution is -0.236. The van der Waals surface area contributed by atoms with Gasteiger partial charge in [0.2, 0.25) is 0 Å². The summed E-state index contributed by atoms with van der Waals surface area (Å²) in [6.45, 7) is 21.2. The summed E-state index contributed by atoms with van der Waals surface area (Å²) >= 11 is 0. The Labute approximate surface area is 198 Å². The molecule has 0 saturated heterocycles. The largest absolute Gasteiger partial charge is 0.393 e. The van der Waals surface area contributed by atoms with Crippen LogP contribution in [0.2, 0.25) is 0 Å². The Kier molecular flexibility index (Phi) is 6.07. The topological polar surface area (TPSA) is 40.5 Å². The molecule has 0 unspecified atom stereocenters. The number of aliphatic hydroxyl groups is 2. The lowest BCUT2D eigenvalue weighted by Gasteiger charge is -2.72. The van der Waals surface area contributed by atoms with E-state index in [1.165, 1.54) is 51.4 Å². The van der Waals surface area contributed by atoms with Crippen molar-refractivity contribution in [1.82, 2.24) is 0 Å². The van der Waals surface area contributed by atoms with Crippen molar-refractivity contribution in [2.24, 2.45) is 44.8 Å². The molecular weight excluding hydrogens is 392 g/mol. The first-order chi connectivity index (χ1) is 14.7. The van der Waals surface area contributed by atoms with Crippen LogP contribution in [-0.2, 0) is 0 Å². The van der Waals surface area contributed by atoms with Crippen molar-refractivity contribution in [3.8, 4) is 0 Å². The number of aliphatic hydroxyl groups excluding tert-OH is 2. The molecule has 0 aromatic carbocycles. The molecule has 0 radical (unpaired) electrons. The molecule has 32 heavy (non-hydrogen) atoms. The number of fused-ring (bicyclic) bond motifs is 5. The molecule has 184 valence electrons. The van der Waals surface area contributed by atoms with Crippen LogP contribution in [0.15, 0.2) is 12.2 Å². The standard InChI is InChI=1S/C30H52O2/c1-20(2)22(31)11-13-26(4)15-18-30(8)25-12-14-28(6)21(3)23(32)9-10-24(28)29(25,7)17-16-27(30,5)19-26/h21-25,31-32H,1,9-19H2,2-8H3/t21-,22+,23-,24+,25-,26+,27-,28+,29-,30+/m0/s1. The fourth-order valence-corrected chi connectivity index (χ4v) is 10.1. The summed E-state index contributed by atoms with van der Waals surface area (Å²) in [4.78, 5) is 0. The van der Waals surface area contributed by atoms with Gasteiger partial charge in [0.25, 0.3) is 0 Å². The highest BCUT2D eigenvalue weighted by Gasteiger charge is 2.67. The van der Waals surface area contributed by atoms with Crippen LogP contribution in [0.1, 0.15) is 119 Å². The maximum atomic E-state index is 10.7. The van der Waals surface area contributed by atoms with Crippen LogP contribution in [0.4, 0.5) is 0 Å². The van der Waals surface area contributed by atoms with Crippen LogP contribution in [0.5, 0.6) is 0 Å². The van der Waals surface area contributed by atoms with E-state index in [1.807, 2.05) is 6.92 Å². The van der Waals surface area contributed by atoms with Gasteiger partial charge < -0.3 is 10.2 Å². The lowest BCUT2D eigenvalue weighted by Crippen LogP contribution is -2.65. The number of rotatable bonds is 4. The van der Waals surface area contributed by atoms with Crippen LogP contribution in [0, 0.1) is 44.8 Å². The summed E-state index contributed by atoms with van der Waals surface area (Å²) in [5, 5.41) is 21.1. The molecule has 10 atom stereocenters. The quantitative estimate of drug-likeness (QED) is 0.440. The van der Waals surface area contributed by atoms with Gasteiger partial charge >= 0.3 is 0 Å². The molecule has 4 saturated carbocycles. The molecule has 2 N–H and O–H groups in total. The van der Waals surface area contributed by atoms with Crippen molar-refractivity contribution < 1.29 is 10.2 Å². The Balaban J connectivity index is 1.58. The average Bonchev–Trinajstić information content (AvgIpc) is 2.71. The van der Waals surface area contributed by atoms with Crippen LogP contribution >= 0.6 is 0 Å². The number of hydrogen-bond donors (Lipinski definition) is 2. The molecule has 0 amide bonds. The summed E-state index contributed by atoms with van der Waals surface area (Å²) in [6, 6.07) is 0. The minimum atomic E-state index is -0.345. The Morgan fingerprint density at radius 3 is 2.25 bits per heavy atom. The van der Waals surface area contributed by atoms with Gasteiger partial charge in [0.05, 0.1) is 12.2 Å². The second kappa shape index (κ2) is 7.84. The van der Waals surface area contributed by atoms with E-state index in [1.54, 1.807) is 0 Å². The van der Waals surface area contributed by atoms with E-state index in [2.05, 4.69) is 48.1 Å². The van der Waals surface area contributed by atoms with Gasteiger partial charge in [0, 0.05) is 0 Å². The van der Waals surface area contributed by atoms with E-state index in [0.717, 1.165) is 36.7 Å². The van der Waals surface area contributed by atoms with E-state index >= 15 is 0 Å². The van der Waals surface area contributed by atoms with Gasteiger partial charge in [-0.15, -0.1) is 0 Å². The first kappa shape index (κ1) is 24.8. The van der Waals surface area contributed by atoms with E-state index in [0.29, 0.717) is 33.0 Å². The minimum absolute atomic E-state index is 0.106. The molecule has 0 bridgehead atoms. The van der Waals surface area contributed by atoms with Gasteiger partial charge in [-0.1, -0.05) is 53.7 Å². The molecule has 0 spiro atoms. The van der Waals surface area contributed by atoms with Gasteiger partial charge in [-0.3, -0.25) is 0 Å². The van der Waals surface area contributed by atoms with E-state index in [9.17, 15) is 10.2 Å². The maximum absolute atomic E-state index is 10.7. The Morgan fingerprint density at radius 1 is 0.906 bits per heavy atom. The fraction of sp³-hybridized carbons (Fsp3) is 0.933. The molecule has 0 aromatic rings. The van der Waals surface area contributed by atoms with Gasteiger partial charge in [0.15, 0.2) is 0 Å². The Morgan fingerprint density at radius 2 is 1.59 bits per heavy atom. The zero-order chi connectivity index (χ0) is 23.7. The highest BCUT2D eigenvalue weighted by Crippen LogP contribution is 2.75. The van der Waals surface area contributed by atoms with Gasteiger partial charge in [-0.2, -0.15) is 0 Å². The average molecular weight is 445 g/mol. The molecule has 2 heteroatoms. The Bertz CT molecular complexity index is 745. The number of hydrogen-bond acceptors (Lipinski definition) is 2. The second-order valence-electron chi connectivity index (χ2n) is 14.5. The molecule has 4 aliphatic rings. The highest BCUT2D eigenvalue weighted by molar-refractivity contribution is 5.17. The first-order valence-electron chi connectivity index (χ1n) is 13.7. The fourth-order valence-electron chi connectivity index (χ4n) is 10.1. The monoisotopic (exact) mass is 444 g/mol. The first-order valence-corrected chi connectivity index (χ1v) is 13.7. The van der Waals surface area contributed by atoms with Gasteiger partial charge in [-0.25, -0.2) is 0 Å². The predicted octanol–water partition coefficient (Wildman–Crippen LogP) is 7.53. The summed E-state index contributed by atoms with van der Waals surface area (Å²) in [6.07, 6.45) is 13.0. The van der Waals surface area contributed by atoms with E-state index in [-0.39, 0.29) is 12.2 Å².